The summed E-state index contributed by atoms with van der Waals surface area (Å²) in [4.78, 5) is 22.6. The van der Waals surface area contributed by atoms with Gasteiger partial charge >= 0.3 is 5.97 Å². The molecule has 166 valence electrons. The second-order valence-corrected chi connectivity index (χ2v) is 8.68. The first kappa shape index (κ1) is 23.0. The summed E-state index contributed by atoms with van der Waals surface area (Å²) >= 11 is 0. The lowest BCUT2D eigenvalue weighted by molar-refractivity contribution is -0.384. The lowest BCUT2D eigenvalue weighted by atomic mass is 10.1. The van der Waals surface area contributed by atoms with E-state index in [2.05, 4.69) is 4.72 Å². The Morgan fingerprint density at radius 3 is 2.19 bits per heavy atom. The average molecular weight is 458 g/mol. The van der Waals surface area contributed by atoms with Gasteiger partial charge in [-0.25, -0.2) is 17.5 Å². The van der Waals surface area contributed by atoms with Gasteiger partial charge in [0.05, 0.1) is 22.3 Å². The van der Waals surface area contributed by atoms with Gasteiger partial charge < -0.3 is 4.74 Å². The summed E-state index contributed by atoms with van der Waals surface area (Å²) in [6, 6.07) is 15.1. The zero-order valence-corrected chi connectivity index (χ0v) is 17.7. The smallest absolute Gasteiger partial charge is 0.313 e. The van der Waals surface area contributed by atoms with Crippen LogP contribution in [-0.4, -0.2) is 19.3 Å². The number of ether oxygens (including phenoxy) is 1. The molecule has 0 aliphatic carbocycles. The largest absolute Gasteiger partial charge is 0.426 e. The fourth-order valence-electron chi connectivity index (χ4n) is 2.87. The van der Waals surface area contributed by atoms with Crippen molar-refractivity contribution in [2.24, 2.45) is 0 Å². The highest BCUT2D eigenvalue weighted by Crippen LogP contribution is 2.23. The van der Waals surface area contributed by atoms with Crippen LogP contribution in [0.25, 0.3) is 0 Å². The first-order valence-corrected chi connectivity index (χ1v) is 10.9. The minimum absolute atomic E-state index is 0.0129. The van der Waals surface area contributed by atoms with Gasteiger partial charge in [0.15, 0.2) is 0 Å². The van der Waals surface area contributed by atoms with Crippen LogP contribution in [0.1, 0.15) is 23.6 Å². The number of sulfonamides is 1. The number of carbonyl (C=O) groups is 1. The van der Waals surface area contributed by atoms with Crippen molar-refractivity contribution in [3.05, 3.63) is 99.9 Å². The van der Waals surface area contributed by atoms with Crippen LogP contribution < -0.4 is 9.46 Å². The third-order valence-corrected chi connectivity index (χ3v) is 6.04. The first-order valence-electron chi connectivity index (χ1n) is 9.43. The molecule has 0 spiro atoms. The summed E-state index contributed by atoms with van der Waals surface area (Å²) in [5.41, 5.74) is 1.08. The molecule has 0 saturated carbocycles. The number of carbonyl (C=O) groups excluding carboxylic acids is 1. The van der Waals surface area contributed by atoms with Crippen LogP contribution in [0.4, 0.5) is 10.1 Å². The van der Waals surface area contributed by atoms with Crippen molar-refractivity contribution in [2.75, 3.05) is 0 Å². The van der Waals surface area contributed by atoms with E-state index in [4.69, 9.17) is 4.74 Å². The van der Waals surface area contributed by atoms with E-state index >= 15 is 0 Å². The molecule has 8 nitrogen and oxygen atoms in total. The van der Waals surface area contributed by atoms with Crippen molar-refractivity contribution in [2.45, 2.75) is 24.3 Å². The van der Waals surface area contributed by atoms with Gasteiger partial charge in [0, 0.05) is 12.1 Å². The van der Waals surface area contributed by atoms with Crippen LogP contribution in [0.5, 0.6) is 5.75 Å². The Morgan fingerprint density at radius 2 is 1.62 bits per heavy atom. The number of non-ortho nitro benzene ring substituents is 1. The van der Waals surface area contributed by atoms with Gasteiger partial charge in [0.25, 0.3) is 5.69 Å². The summed E-state index contributed by atoms with van der Waals surface area (Å²) in [5, 5.41) is 10.7. The van der Waals surface area contributed by atoms with E-state index in [1.807, 2.05) is 6.92 Å². The number of esters is 1. The molecule has 3 aromatic rings. The predicted molar refractivity (Wildman–Crippen MR) is 114 cm³/mol. The number of nitrogens with zero attached hydrogens (tertiary/aromatic N) is 1. The Bertz CT molecular complexity index is 1210. The molecular weight excluding hydrogens is 439 g/mol. The molecule has 0 aliphatic rings. The molecule has 0 aromatic heterocycles. The Kier molecular flexibility index (Phi) is 6.96. The van der Waals surface area contributed by atoms with Gasteiger partial charge in [-0.05, 0) is 48.9 Å². The van der Waals surface area contributed by atoms with Gasteiger partial charge in [-0.15, -0.1) is 0 Å². The highest BCUT2D eigenvalue weighted by molar-refractivity contribution is 7.89. The number of hydrogen-bond donors (Lipinski definition) is 1. The third-order valence-electron chi connectivity index (χ3n) is 4.55. The molecule has 3 aromatic carbocycles. The molecular formula is C22H19FN2O6S. The SMILES string of the molecule is Cc1ccc(S(=O)(=O)N[C@@H](CC(=O)Oc2ccc([N+](=O)[O-])cc2)c2ccc(F)cc2)cc1. The van der Waals surface area contributed by atoms with Gasteiger partial charge in [0.1, 0.15) is 11.6 Å². The minimum Gasteiger partial charge on any atom is -0.426 e. The van der Waals surface area contributed by atoms with E-state index in [1.54, 1.807) is 12.1 Å². The number of hydrogen-bond acceptors (Lipinski definition) is 6. The molecule has 32 heavy (non-hydrogen) atoms. The zero-order chi connectivity index (χ0) is 23.3. The minimum atomic E-state index is -3.99. The molecule has 10 heteroatoms. The number of nitrogens with one attached hydrogen (secondary N) is 1. The number of halogens is 1. The van der Waals surface area contributed by atoms with E-state index in [0.29, 0.717) is 5.56 Å². The first-order chi connectivity index (χ1) is 15.1. The molecule has 1 N–H and O–H groups in total. The lowest BCUT2D eigenvalue weighted by Crippen LogP contribution is -2.31. The number of aryl methyl sites for hydroxylation is 1. The summed E-state index contributed by atoms with van der Waals surface area (Å²) in [7, 11) is -3.99. The number of nitro benzene ring substituents is 1. The molecule has 0 saturated heterocycles. The third kappa shape index (κ3) is 5.96. The lowest BCUT2D eigenvalue weighted by Gasteiger charge is -2.19. The maximum Gasteiger partial charge on any atom is 0.313 e. The molecule has 0 aliphatic heterocycles. The van der Waals surface area contributed by atoms with Crippen LogP contribution in [0.3, 0.4) is 0 Å². The fourth-order valence-corrected chi connectivity index (χ4v) is 4.10. The zero-order valence-electron chi connectivity index (χ0n) is 16.9. The van der Waals surface area contributed by atoms with Crippen molar-refractivity contribution < 1.29 is 27.3 Å². The molecule has 0 fully saturated rings. The quantitative estimate of drug-likeness (QED) is 0.236. The van der Waals surface area contributed by atoms with Gasteiger partial charge in [-0.3, -0.25) is 14.9 Å². The van der Waals surface area contributed by atoms with E-state index in [1.165, 1.54) is 48.5 Å². The Balaban J connectivity index is 1.81. The van der Waals surface area contributed by atoms with Crippen molar-refractivity contribution >= 4 is 21.7 Å². The highest BCUT2D eigenvalue weighted by atomic mass is 32.2. The van der Waals surface area contributed by atoms with Crippen LogP contribution in [0, 0.1) is 22.9 Å². The summed E-state index contributed by atoms with van der Waals surface area (Å²) in [5.74, 6) is -1.22. The van der Waals surface area contributed by atoms with Crippen molar-refractivity contribution in [3.63, 3.8) is 0 Å². The summed E-state index contributed by atoms with van der Waals surface area (Å²) in [6.45, 7) is 1.82. The maximum absolute atomic E-state index is 13.4. The van der Waals surface area contributed by atoms with Crippen molar-refractivity contribution in [1.82, 2.24) is 4.72 Å². The molecule has 0 unspecified atom stereocenters. The predicted octanol–water partition coefficient (Wildman–Crippen LogP) is 4.06. The molecule has 3 rings (SSSR count). The molecule has 0 amide bonds. The van der Waals surface area contributed by atoms with Crippen LogP contribution in [0.15, 0.2) is 77.7 Å². The van der Waals surface area contributed by atoms with Crippen LogP contribution in [0.2, 0.25) is 0 Å². The normalized spacial score (nSPS) is 12.2. The number of rotatable bonds is 8. The Hall–Kier alpha value is -3.63. The van der Waals surface area contributed by atoms with Crippen molar-refractivity contribution in [3.8, 4) is 5.75 Å². The standard InChI is InChI=1S/C22H19FN2O6S/c1-15-2-12-20(13-3-15)32(29,30)24-21(16-4-6-17(23)7-5-16)14-22(26)31-19-10-8-18(9-11-19)25(27)28/h2-13,21,24H,14H2,1H3/t21-/m0/s1. The topological polar surface area (TPSA) is 116 Å². The Morgan fingerprint density at radius 1 is 1.03 bits per heavy atom. The van der Waals surface area contributed by atoms with Crippen LogP contribution in [-0.2, 0) is 14.8 Å². The van der Waals surface area contributed by atoms with Gasteiger partial charge in [-0.1, -0.05) is 29.8 Å². The van der Waals surface area contributed by atoms with Crippen LogP contribution >= 0.6 is 0 Å². The molecule has 1 atom stereocenters. The summed E-state index contributed by atoms with van der Waals surface area (Å²) in [6.07, 6.45) is -0.395. The maximum atomic E-state index is 13.4. The van der Waals surface area contributed by atoms with E-state index in [-0.39, 0.29) is 16.3 Å². The molecule has 0 heterocycles. The van der Waals surface area contributed by atoms with E-state index in [9.17, 15) is 27.7 Å². The van der Waals surface area contributed by atoms with E-state index in [0.717, 1.165) is 17.7 Å². The second kappa shape index (κ2) is 9.67. The van der Waals surface area contributed by atoms with Crippen molar-refractivity contribution in [1.29, 1.82) is 0 Å². The van der Waals surface area contributed by atoms with Gasteiger partial charge in [-0.2, -0.15) is 0 Å². The second-order valence-electron chi connectivity index (χ2n) is 6.97. The fraction of sp³-hybridized carbons (Fsp3) is 0.136. The molecule has 0 bridgehead atoms. The van der Waals surface area contributed by atoms with E-state index < -0.39 is 39.2 Å². The number of benzene rings is 3. The Labute approximate surface area is 183 Å². The molecule has 0 radical (unpaired) electrons. The monoisotopic (exact) mass is 458 g/mol. The average Bonchev–Trinajstić information content (AvgIpc) is 2.74. The highest BCUT2D eigenvalue weighted by Gasteiger charge is 2.25. The number of nitro groups is 1. The van der Waals surface area contributed by atoms with Gasteiger partial charge in [0.2, 0.25) is 10.0 Å². The summed E-state index contributed by atoms with van der Waals surface area (Å²) < 4.78 is 46.7.